The zero-order valence-electron chi connectivity index (χ0n) is 10.2. The molecule has 1 aliphatic rings. The molecule has 0 unspecified atom stereocenters. The number of nitro groups is 1. The average molecular weight is 269 g/mol. The molecule has 0 aliphatic heterocycles. The smallest absolute Gasteiger partial charge is 0.272 e. The fourth-order valence-electron chi connectivity index (χ4n) is 2.69. The molecule has 2 N–H and O–H groups in total. The summed E-state index contributed by atoms with van der Waals surface area (Å²) in [7, 11) is 0. The summed E-state index contributed by atoms with van der Waals surface area (Å²) in [5.74, 6) is 0. The third kappa shape index (κ3) is 3.00. The lowest BCUT2D eigenvalue weighted by Gasteiger charge is -2.33. The Hall–Kier alpha value is -1.13. The van der Waals surface area contributed by atoms with E-state index >= 15 is 0 Å². The van der Waals surface area contributed by atoms with Gasteiger partial charge in [-0.1, -0.05) is 30.9 Å². The topological polar surface area (TPSA) is 69.2 Å². The average Bonchev–Trinajstić information content (AvgIpc) is 2.28. The van der Waals surface area contributed by atoms with Crippen molar-refractivity contribution in [2.75, 3.05) is 0 Å². The quantitative estimate of drug-likeness (QED) is 0.674. The van der Waals surface area contributed by atoms with Crippen molar-refractivity contribution in [1.29, 1.82) is 0 Å². The Bertz CT molecular complexity index is 456. The van der Waals surface area contributed by atoms with Crippen molar-refractivity contribution in [1.82, 2.24) is 0 Å². The molecule has 0 bridgehead atoms. The van der Waals surface area contributed by atoms with Crippen LogP contribution in [0.25, 0.3) is 0 Å². The van der Waals surface area contributed by atoms with E-state index in [4.69, 9.17) is 17.3 Å². The fourth-order valence-corrected chi connectivity index (χ4v) is 2.88. The molecule has 0 amide bonds. The summed E-state index contributed by atoms with van der Waals surface area (Å²) in [5, 5.41) is 11.5. The van der Waals surface area contributed by atoms with Crippen molar-refractivity contribution >= 4 is 17.3 Å². The van der Waals surface area contributed by atoms with Crippen LogP contribution in [0, 0.1) is 10.1 Å². The molecule has 1 fully saturated rings. The van der Waals surface area contributed by atoms with E-state index in [-0.39, 0.29) is 16.1 Å². The third-order valence-electron chi connectivity index (χ3n) is 3.63. The molecule has 4 nitrogen and oxygen atoms in total. The molecule has 98 valence electrons. The van der Waals surface area contributed by atoms with E-state index in [2.05, 4.69) is 0 Å². The second-order valence-corrected chi connectivity index (χ2v) is 5.57. The molecule has 0 spiro atoms. The molecule has 18 heavy (non-hydrogen) atoms. The van der Waals surface area contributed by atoms with Gasteiger partial charge < -0.3 is 5.73 Å². The van der Waals surface area contributed by atoms with Crippen LogP contribution >= 0.6 is 11.6 Å². The molecule has 1 saturated carbocycles. The monoisotopic (exact) mass is 268 g/mol. The maximum atomic E-state index is 11.0. The number of nitrogens with zero attached hydrogens (tertiary/aromatic N) is 1. The fraction of sp³-hybridized carbons (Fsp3) is 0.538. The van der Waals surface area contributed by atoms with Crippen molar-refractivity contribution in [3.8, 4) is 0 Å². The van der Waals surface area contributed by atoms with Crippen LogP contribution in [0.15, 0.2) is 18.2 Å². The lowest BCUT2D eigenvalue weighted by atomic mass is 9.78. The van der Waals surface area contributed by atoms with E-state index in [1.165, 1.54) is 12.5 Å². The molecule has 5 heteroatoms. The molecule has 0 saturated heterocycles. The Kier molecular flexibility index (Phi) is 3.88. The van der Waals surface area contributed by atoms with Crippen molar-refractivity contribution in [2.45, 2.75) is 44.1 Å². The summed E-state index contributed by atoms with van der Waals surface area (Å²) in [5.41, 5.74) is 6.80. The minimum Gasteiger partial charge on any atom is -0.325 e. The Labute approximate surface area is 111 Å². The van der Waals surface area contributed by atoms with Gasteiger partial charge in [-0.05, 0) is 31.4 Å². The van der Waals surface area contributed by atoms with Crippen molar-refractivity contribution in [3.63, 3.8) is 0 Å². The predicted octanol–water partition coefficient (Wildman–Crippen LogP) is 3.45. The first-order valence-electron chi connectivity index (χ1n) is 6.22. The van der Waals surface area contributed by atoms with Gasteiger partial charge in [0.15, 0.2) is 0 Å². The maximum absolute atomic E-state index is 11.0. The van der Waals surface area contributed by atoms with Crippen molar-refractivity contribution in [3.05, 3.63) is 38.9 Å². The molecular formula is C13H17ClN2O2. The van der Waals surface area contributed by atoms with Gasteiger partial charge in [0.1, 0.15) is 0 Å². The van der Waals surface area contributed by atoms with Gasteiger partial charge in [-0.25, -0.2) is 0 Å². The van der Waals surface area contributed by atoms with E-state index in [0.717, 1.165) is 25.7 Å². The molecule has 0 aromatic heterocycles. The zero-order chi connectivity index (χ0) is 13.2. The van der Waals surface area contributed by atoms with E-state index in [0.29, 0.717) is 17.0 Å². The number of nitrogens with two attached hydrogens (primary N) is 1. The second kappa shape index (κ2) is 5.24. The van der Waals surface area contributed by atoms with Gasteiger partial charge in [-0.2, -0.15) is 0 Å². The SMILES string of the molecule is NC1(Cc2cc(Cl)ccc2[N+](=O)[O-])CCCCC1. The molecule has 1 aliphatic carbocycles. The Morgan fingerprint density at radius 3 is 2.61 bits per heavy atom. The summed E-state index contributed by atoms with van der Waals surface area (Å²) >= 11 is 5.92. The van der Waals surface area contributed by atoms with Gasteiger partial charge >= 0.3 is 0 Å². The summed E-state index contributed by atoms with van der Waals surface area (Å²) in [6.07, 6.45) is 5.80. The number of hydrogen-bond acceptors (Lipinski definition) is 3. The number of nitro benzene ring substituents is 1. The van der Waals surface area contributed by atoms with Gasteiger partial charge in [0.2, 0.25) is 0 Å². The highest BCUT2D eigenvalue weighted by atomic mass is 35.5. The summed E-state index contributed by atoms with van der Waals surface area (Å²) in [6.45, 7) is 0. The van der Waals surface area contributed by atoms with E-state index in [1.54, 1.807) is 12.1 Å². The maximum Gasteiger partial charge on any atom is 0.272 e. The lowest BCUT2D eigenvalue weighted by molar-refractivity contribution is -0.385. The van der Waals surface area contributed by atoms with Gasteiger partial charge in [-0.15, -0.1) is 0 Å². The number of hydrogen-bond donors (Lipinski definition) is 1. The molecule has 1 aromatic rings. The highest BCUT2D eigenvalue weighted by Gasteiger charge is 2.30. The van der Waals surface area contributed by atoms with Crippen LogP contribution in [0.4, 0.5) is 5.69 Å². The van der Waals surface area contributed by atoms with Crippen LogP contribution in [0.3, 0.4) is 0 Å². The highest BCUT2D eigenvalue weighted by Crippen LogP contribution is 2.32. The van der Waals surface area contributed by atoms with Crippen molar-refractivity contribution < 1.29 is 4.92 Å². The molecule has 0 atom stereocenters. The zero-order valence-corrected chi connectivity index (χ0v) is 10.9. The summed E-state index contributed by atoms with van der Waals surface area (Å²) in [4.78, 5) is 10.6. The van der Waals surface area contributed by atoms with Gasteiger partial charge in [0.25, 0.3) is 5.69 Å². The number of halogens is 1. The molecule has 0 radical (unpaired) electrons. The minimum atomic E-state index is -0.363. The summed E-state index contributed by atoms with van der Waals surface area (Å²) < 4.78 is 0. The third-order valence-corrected chi connectivity index (χ3v) is 3.87. The van der Waals surface area contributed by atoms with E-state index in [9.17, 15) is 10.1 Å². The minimum absolute atomic E-state index is 0.120. The number of benzene rings is 1. The second-order valence-electron chi connectivity index (χ2n) is 5.13. The molecule has 0 heterocycles. The standard InChI is InChI=1S/C13H17ClN2O2/c14-11-4-5-12(16(17)18)10(8-11)9-13(15)6-2-1-3-7-13/h4-5,8H,1-3,6-7,9,15H2. The van der Waals surface area contributed by atoms with Crippen LogP contribution in [-0.2, 0) is 6.42 Å². The first kappa shape index (κ1) is 13.3. The molecular weight excluding hydrogens is 252 g/mol. The van der Waals surface area contributed by atoms with Crippen LogP contribution < -0.4 is 5.73 Å². The largest absolute Gasteiger partial charge is 0.325 e. The van der Waals surface area contributed by atoms with Gasteiger partial charge in [0.05, 0.1) is 4.92 Å². The van der Waals surface area contributed by atoms with Crippen molar-refractivity contribution in [2.24, 2.45) is 5.73 Å². The predicted molar refractivity (Wildman–Crippen MR) is 71.8 cm³/mol. The molecule has 1 aromatic carbocycles. The van der Waals surface area contributed by atoms with Crippen LogP contribution in [0.1, 0.15) is 37.7 Å². The number of rotatable bonds is 3. The molecule has 2 rings (SSSR count). The Balaban J connectivity index is 2.26. The normalized spacial score (nSPS) is 18.6. The first-order chi connectivity index (χ1) is 8.50. The summed E-state index contributed by atoms with van der Waals surface area (Å²) in [6, 6.07) is 4.68. The van der Waals surface area contributed by atoms with E-state index < -0.39 is 0 Å². The van der Waals surface area contributed by atoms with E-state index in [1.807, 2.05) is 0 Å². The highest BCUT2D eigenvalue weighted by molar-refractivity contribution is 6.30. The van der Waals surface area contributed by atoms with Gasteiger partial charge in [0, 0.05) is 22.2 Å². The van der Waals surface area contributed by atoms with Crippen LogP contribution in [-0.4, -0.2) is 10.5 Å². The first-order valence-corrected chi connectivity index (χ1v) is 6.60. The Morgan fingerprint density at radius 1 is 1.33 bits per heavy atom. The van der Waals surface area contributed by atoms with Crippen LogP contribution in [0.5, 0.6) is 0 Å². The van der Waals surface area contributed by atoms with Gasteiger partial charge in [-0.3, -0.25) is 10.1 Å². The Morgan fingerprint density at radius 2 is 2.00 bits per heavy atom. The van der Waals surface area contributed by atoms with Crippen LogP contribution in [0.2, 0.25) is 5.02 Å². The lowest BCUT2D eigenvalue weighted by Crippen LogP contribution is -2.43.